The van der Waals surface area contributed by atoms with Crippen molar-refractivity contribution in [3.05, 3.63) is 24.2 Å². The molecule has 1 aliphatic heterocycles. The highest BCUT2D eigenvalue weighted by molar-refractivity contribution is 5.87. The van der Waals surface area contributed by atoms with Gasteiger partial charge in [0.2, 0.25) is 5.60 Å². The Balaban J connectivity index is 2.13. The van der Waals surface area contributed by atoms with Gasteiger partial charge in [-0.3, -0.25) is 5.32 Å². The number of ether oxygens (including phenoxy) is 7. The van der Waals surface area contributed by atoms with Crippen LogP contribution in [0.1, 0.15) is 53.3 Å². The smallest absolute Gasteiger partial charge is 0.465 e. The van der Waals surface area contributed by atoms with E-state index in [2.05, 4.69) is 15.4 Å². The Hall–Kier alpha value is -4.85. The van der Waals surface area contributed by atoms with Gasteiger partial charge in [-0.15, -0.1) is 0 Å². The maximum absolute atomic E-state index is 12.7. The lowest BCUT2D eigenvalue weighted by molar-refractivity contribution is -0.100. The summed E-state index contributed by atoms with van der Waals surface area (Å²) in [4.78, 5) is 52.7. The number of nitrogens with zero attached hydrogens (tertiary/aromatic N) is 4. The van der Waals surface area contributed by atoms with Crippen LogP contribution in [0.2, 0.25) is 0 Å². The van der Waals surface area contributed by atoms with Crippen LogP contribution < -0.4 is 5.32 Å². The minimum Gasteiger partial charge on any atom is -0.465 e. The van der Waals surface area contributed by atoms with E-state index in [1.54, 1.807) is 41.5 Å². The second kappa shape index (κ2) is 13.2. The second-order valence-electron chi connectivity index (χ2n) is 9.79. The van der Waals surface area contributed by atoms with Crippen LogP contribution in [0.15, 0.2) is 18.5 Å². The van der Waals surface area contributed by atoms with Gasteiger partial charge in [0.05, 0.1) is 24.0 Å². The summed E-state index contributed by atoms with van der Waals surface area (Å²) in [7, 11) is 0. The summed E-state index contributed by atoms with van der Waals surface area (Å²) in [6.45, 7) is 8.58. The molecular weight excluding hydrogens is 562 g/mol. The molecule has 228 valence electrons. The molecule has 1 fully saturated rings. The number of rotatable bonds is 9. The SMILES string of the molecule is CC(C)OC(=O)OC[C@@]1(C#N)O[C@@H](c2ccc3c(NC(=O)O)ncnn23)[C@H](OC(=O)OC(C)C)[C@@H]1OC(=O)OC(C)C. The van der Waals surface area contributed by atoms with Crippen LogP contribution in [0.25, 0.3) is 5.52 Å². The topological polar surface area (TPSA) is 219 Å². The monoisotopic (exact) mass is 593 g/mol. The van der Waals surface area contributed by atoms with Gasteiger partial charge in [0, 0.05) is 0 Å². The van der Waals surface area contributed by atoms with E-state index >= 15 is 0 Å². The molecule has 2 N–H and O–H groups in total. The minimum absolute atomic E-state index is 0.0851. The number of amides is 1. The molecule has 3 heterocycles. The number of fused-ring (bicyclic) bond motifs is 1. The molecule has 3 rings (SSSR count). The molecule has 0 bridgehead atoms. The first-order valence-electron chi connectivity index (χ1n) is 12.8. The maximum atomic E-state index is 12.7. The van der Waals surface area contributed by atoms with Gasteiger partial charge in [-0.25, -0.2) is 28.7 Å². The number of hydrogen-bond acceptors (Lipinski definition) is 14. The lowest BCUT2D eigenvalue weighted by atomic mass is 9.95. The predicted octanol–water partition coefficient (Wildman–Crippen LogP) is 3.57. The lowest BCUT2D eigenvalue weighted by Gasteiger charge is -2.28. The highest BCUT2D eigenvalue weighted by Gasteiger charge is 2.62. The van der Waals surface area contributed by atoms with Crippen molar-refractivity contribution in [2.75, 3.05) is 11.9 Å². The van der Waals surface area contributed by atoms with E-state index in [0.29, 0.717) is 0 Å². The van der Waals surface area contributed by atoms with Gasteiger partial charge < -0.3 is 38.3 Å². The van der Waals surface area contributed by atoms with Crippen LogP contribution in [0.3, 0.4) is 0 Å². The van der Waals surface area contributed by atoms with E-state index in [4.69, 9.17) is 33.2 Å². The lowest BCUT2D eigenvalue weighted by Crippen LogP contribution is -2.50. The summed E-state index contributed by atoms with van der Waals surface area (Å²) >= 11 is 0. The highest BCUT2D eigenvalue weighted by Crippen LogP contribution is 2.44. The average molecular weight is 594 g/mol. The summed E-state index contributed by atoms with van der Waals surface area (Å²) in [6, 6.07) is 4.75. The third kappa shape index (κ3) is 7.46. The molecule has 0 unspecified atom stereocenters. The van der Waals surface area contributed by atoms with E-state index < -0.39 is 73.4 Å². The molecule has 2 aromatic heterocycles. The van der Waals surface area contributed by atoms with Gasteiger partial charge >= 0.3 is 24.6 Å². The van der Waals surface area contributed by atoms with E-state index in [0.717, 1.165) is 6.33 Å². The zero-order chi connectivity index (χ0) is 31.2. The zero-order valence-electron chi connectivity index (χ0n) is 23.6. The highest BCUT2D eigenvalue weighted by atomic mass is 16.8. The van der Waals surface area contributed by atoms with Crippen LogP contribution in [0.5, 0.6) is 0 Å². The van der Waals surface area contributed by atoms with Crippen molar-refractivity contribution in [1.29, 1.82) is 5.26 Å². The number of anilines is 1. The molecule has 17 heteroatoms. The molecule has 0 aromatic carbocycles. The van der Waals surface area contributed by atoms with Gasteiger partial charge in [0.25, 0.3) is 0 Å². The Labute approximate surface area is 239 Å². The van der Waals surface area contributed by atoms with Gasteiger partial charge in [0.1, 0.15) is 30.6 Å². The summed E-state index contributed by atoms with van der Waals surface area (Å²) in [5.74, 6) is -0.0851. The standard InChI is InChI=1S/C25H31N5O12/c1-12(2)37-22(33)36-10-25(9-26)19(41-24(35)39-14(5)6)18(40-23(34)38-13(3)4)17(42-25)15-7-8-16-20(29-21(31)32)27-11-28-30(15)16/h7-8,11-14,17-19H,10H2,1-6H3,(H,31,32)(H,27,28,29)/t17-,18-,19-,25+/m0/s1. The van der Waals surface area contributed by atoms with E-state index in [1.165, 1.54) is 16.6 Å². The van der Waals surface area contributed by atoms with Crippen molar-refractivity contribution in [2.24, 2.45) is 0 Å². The largest absolute Gasteiger partial charge is 0.509 e. The summed E-state index contributed by atoms with van der Waals surface area (Å²) in [5.41, 5.74) is -1.97. The van der Waals surface area contributed by atoms with Crippen molar-refractivity contribution in [3.63, 3.8) is 0 Å². The fourth-order valence-electron chi connectivity index (χ4n) is 3.95. The third-order valence-electron chi connectivity index (χ3n) is 5.44. The Morgan fingerprint density at radius 1 is 1.02 bits per heavy atom. The molecule has 1 aliphatic rings. The van der Waals surface area contributed by atoms with Gasteiger partial charge in [-0.1, -0.05) is 0 Å². The molecule has 0 spiro atoms. The van der Waals surface area contributed by atoms with Crippen molar-refractivity contribution in [3.8, 4) is 6.07 Å². The van der Waals surface area contributed by atoms with Gasteiger partial charge in [-0.2, -0.15) is 10.4 Å². The van der Waals surface area contributed by atoms with Crippen molar-refractivity contribution < 1.29 is 57.4 Å². The number of carbonyl (C=O) groups excluding carboxylic acids is 3. The number of aromatic nitrogens is 3. The number of nitrogens with one attached hydrogen (secondary N) is 1. The summed E-state index contributed by atoms with van der Waals surface area (Å²) in [6.07, 6.45) is -10.4. The van der Waals surface area contributed by atoms with Crippen LogP contribution in [-0.2, 0) is 33.2 Å². The fraction of sp³-hybridized carbons (Fsp3) is 0.560. The third-order valence-corrected chi connectivity index (χ3v) is 5.44. The first-order chi connectivity index (χ1) is 19.8. The van der Waals surface area contributed by atoms with Crippen molar-refractivity contribution in [1.82, 2.24) is 14.6 Å². The first-order valence-corrected chi connectivity index (χ1v) is 12.8. The van der Waals surface area contributed by atoms with Gasteiger partial charge in [0.15, 0.2) is 18.0 Å². The summed E-state index contributed by atoms with van der Waals surface area (Å²) in [5, 5.41) is 25.8. The summed E-state index contributed by atoms with van der Waals surface area (Å²) < 4.78 is 38.6. The molecule has 4 atom stereocenters. The fourth-order valence-corrected chi connectivity index (χ4v) is 3.95. The molecule has 2 aromatic rings. The van der Waals surface area contributed by atoms with Crippen LogP contribution in [-0.4, -0.2) is 87.0 Å². The molecule has 0 saturated carbocycles. The second-order valence-corrected chi connectivity index (χ2v) is 9.79. The Morgan fingerprint density at radius 2 is 1.62 bits per heavy atom. The number of nitriles is 1. The number of carboxylic acid groups (broad SMARTS) is 1. The molecule has 17 nitrogen and oxygen atoms in total. The normalized spacial score (nSPS) is 21.6. The Kier molecular flexibility index (Phi) is 9.96. The van der Waals surface area contributed by atoms with Gasteiger partial charge in [-0.05, 0) is 53.7 Å². The average Bonchev–Trinajstić information content (AvgIpc) is 3.42. The van der Waals surface area contributed by atoms with Crippen LogP contribution in [0, 0.1) is 11.3 Å². The quantitative estimate of drug-likeness (QED) is 0.313. The van der Waals surface area contributed by atoms with Crippen LogP contribution in [0.4, 0.5) is 25.0 Å². The maximum Gasteiger partial charge on any atom is 0.509 e. The minimum atomic E-state index is -2.27. The van der Waals surface area contributed by atoms with Crippen molar-refractivity contribution in [2.45, 2.75) is 83.8 Å². The van der Waals surface area contributed by atoms with Crippen molar-refractivity contribution >= 4 is 35.9 Å². The van der Waals surface area contributed by atoms with E-state index in [1.807, 2.05) is 6.07 Å². The molecule has 42 heavy (non-hydrogen) atoms. The van der Waals surface area contributed by atoms with E-state index in [9.17, 15) is 29.5 Å². The van der Waals surface area contributed by atoms with Crippen LogP contribution >= 0.6 is 0 Å². The number of carbonyl (C=O) groups is 4. The zero-order valence-corrected chi connectivity index (χ0v) is 23.6. The molecule has 0 radical (unpaired) electrons. The molecule has 0 aliphatic carbocycles. The molecular formula is C25H31N5O12. The number of hydrogen-bond donors (Lipinski definition) is 2. The predicted molar refractivity (Wildman–Crippen MR) is 137 cm³/mol. The Morgan fingerprint density at radius 3 is 2.19 bits per heavy atom. The molecule has 1 saturated heterocycles. The first kappa shape index (κ1) is 31.7. The Bertz CT molecular complexity index is 1350. The molecule has 1 amide bonds. The van der Waals surface area contributed by atoms with E-state index in [-0.39, 0.29) is 17.0 Å².